The lowest BCUT2D eigenvalue weighted by molar-refractivity contribution is 0.206. The minimum atomic E-state index is -1.30. The van der Waals surface area contributed by atoms with Crippen LogP contribution in [0.5, 0.6) is 11.5 Å². The number of aryl methyl sites for hydroxylation is 1. The van der Waals surface area contributed by atoms with Crippen molar-refractivity contribution in [2.24, 2.45) is 9.98 Å². The molecular weight excluding hydrogens is 432 g/mol. The van der Waals surface area contributed by atoms with Crippen LogP contribution in [-0.2, 0) is 0 Å². The van der Waals surface area contributed by atoms with Crippen LogP contribution in [0.3, 0.4) is 0 Å². The van der Waals surface area contributed by atoms with E-state index < -0.39 is 6.09 Å². The predicted molar refractivity (Wildman–Crippen MR) is 124 cm³/mol. The van der Waals surface area contributed by atoms with Gasteiger partial charge in [0.25, 0.3) is 0 Å². The van der Waals surface area contributed by atoms with Gasteiger partial charge in [0.2, 0.25) is 11.7 Å². The van der Waals surface area contributed by atoms with Crippen molar-refractivity contribution in [3.05, 3.63) is 53.9 Å². The zero-order chi connectivity index (χ0) is 23.1. The third-order valence-corrected chi connectivity index (χ3v) is 4.90. The fourth-order valence-electron chi connectivity index (χ4n) is 2.84. The van der Waals surface area contributed by atoms with Crippen LogP contribution in [0, 0.1) is 6.92 Å². The van der Waals surface area contributed by atoms with Crippen LogP contribution in [-0.4, -0.2) is 52.1 Å². The summed E-state index contributed by atoms with van der Waals surface area (Å²) in [5.74, 6) is 2.05. The van der Waals surface area contributed by atoms with E-state index in [2.05, 4.69) is 15.1 Å². The van der Waals surface area contributed by atoms with Gasteiger partial charge in [0.1, 0.15) is 10.8 Å². The Morgan fingerprint density at radius 3 is 2.50 bits per heavy atom. The zero-order valence-corrected chi connectivity index (χ0v) is 18.8. The van der Waals surface area contributed by atoms with E-state index in [-0.39, 0.29) is 5.04 Å². The third-order valence-electron chi connectivity index (χ3n) is 4.22. The van der Waals surface area contributed by atoms with E-state index in [0.717, 1.165) is 5.56 Å². The summed E-state index contributed by atoms with van der Waals surface area (Å²) in [4.78, 5) is 23.9. The number of hydrogen-bond acceptors (Lipinski definition) is 8. The first kappa shape index (κ1) is 23.0. The number of nitrogens with zero attached hydrogens (tertiary/aromatic N) is 4. The minimum absolute atomic E-state index is 0.253. The van der Waals surface area contributed by atoms with E-state index in [1.807, 2.05) is 19.1 Å². The van der Waals surface area contributed by atoms with Gasteiger partial charge in [0, 0.05) is 18.1 Å². The van der Waals surface area contributed by atoms with Gasteiger partial charge in [-0.2, -0.15) is 9.98 Å². The summed E-state index contributed by atoms with van der Waals surface area (Å²) in [5.41, 5.74) is 2.41. The molecule has 3 rings (SSSR count). The normalized spacial score (nSPS) is 12.0. The molecular formula is C22H22N4O5S. The number of methoxy groups -OCH3 is 1. The Morgan fingerprint density at radius 2 is 1.94 bits per heavy atom. The molecule has 0 aliphatic carbocycles. The SMILES string of the molecule is CCOc1cc(C(=Nc2ccc(-c3noc(C)n3)cc2)C(=NC(=O)O)SC)ccc1OC. The molecule has 1 amide bonds. The first-order chi connectivity index (χ1) is 15.4. The van der Waals surface area contributed by atoms with Gasteiger partial charge in [-0.15, -0.1) is 11.8 Å². The van der Waals surface area contributed by atoms with Crippen molar-refractivity contribution in [3.63, 3.8) is 0 Å². The van der Waals surface area contributed by atoms with Crippen LogP contribution in [0.25, 0.3) is 11.4 Å². The highest BCUT2D eigenvalue weighted by atomic mass is 32.2. The Morgan fingerprint density at radius 1 is 1.19 bits per heavy atom. The smallest absolute Gasteiger partial charge is 0.432 e. The van der Waals surface area contributed by atoms with E-state index >= 15 is 0 Å². The molecule has 0 saturated heterocycles. The summed E-state index contributed by atoms with van der Waals surface area (Å²) in [6.45, 7) is 4.04. The second-order valence-electron chi connectivity index (χ2n) is 6.35. The molecule has 0 unspecified atom stereocenters. The van der Waals surface area contributed by atoms with E-state index in [4.69, 9.17) is 19.0 Å². The fraction of sp³-hybridized carbons (Fsp3) is 0.227. The van der Waals surface area contributed by atoms with E-state index in [9.17, 15) is 9.90 Å². The summed E-state index contributed by atoms with van der Waals surface area (Å²) >= 11 is 1.19. The quantitative estimate of drug-likeness (QED) is 0.391. The highest BCUT2D eigenvalue weighted by Crippen LogP contribution is 2.30. The topological polar surface area (TPSA) is 119 Å². The second-order valence-corrected chi connectivity index (χ2v) is 7.14. The van der Waals surface area contributed by atoms with Crippen molar-refractivity contribution in [1.29, 1.82) is 0 Å². The second kappa shape index (κ2) is 10.6. The van der Waals surface area contributed by atoms with Crippen molar-refractivity contribution < 1.29 is 23.9 Å². The highest BCUT2D eigenvalue weighted by Gasteiger charge is 2.17. The molecule has 1 N–H and O–H groups in total. The van der Waals surface area contributed by atoms with Crippen LogP contribution in [0.1, 0.15) is 18.4 Å². The Kier molecular flexibility index (Phi) is 7.61. The predicted octanol–water partition coefficient (Wildman–Crippen LogP) is 5.01. The van der Waals surface area contributed by atoms with Crippen LogP contribution in [0.15, 0.2) is 57.0 Å². The van der Waals surface area contributed by atoms with Gasteiger partial charge >= 0.3 is 6.09 Å². The summed E-state index contributed by atoms with van der Waals surface area (Å²) in [5, 5.41) is 13.4. The van der Waals surface area contributed by atoms with E-state index in [1.165, 1.54) is 11.8 Å². The summed E-state index contributed by atoms with van der Waals surface area (Å²) in [6.07, 6.45) is 0.440. The lowest BCUT2D eigenvalue weighted by atomic mass is 10.1. The van der Waals surface area contributed by atoms with Crippen molar-refractivity contribution in [2.45, 2.75) is 13.8 Å². The molecule has 0 radical (unpaired) electrons. The molecule has 166 valence electrons. The molecule has 32 heavy (non-hydrogen) atoms. The number of amides is 1. The molecule has 0 fully saturated rings. The maximum atomic E-state index is 11.3. The van der Waals surface area contributed by atoms with Gasteiger partial charge in [-0.05, 0) is 55.6 Å². The molecule has 3 aromatic rings. The molecule has 0 aliphatic rings. The molecule has 0 aliphatic heterocycles. The maximum absolute atomic E-state index is 11.3. The van der Waals surface area contributed by atoms with Gasteiger partial charge in [0.15, 0.2) is 11.5 Å². The number of hydrogen-bond donors (Lipinski definition) is 1. The average molecular weight is 455 g/mol. The Bertz CT molecular complexity index is 1160. The first-order valence-electron chi connectivity index (χ1n) is 9.61. The molecule has 0 saturated carbocycles. The summed E-state index contributed by atoms with van der Waals surface area (Å²) in [6, 6.07) is 12.5. The van der Waals surface area contributed by atoms with Crippen molar-refractivity contribution >= 4 is 34.3 Å². The molecule has 9 nitrogen and oxygen atoms in total. The van der Waals surface area contributed by atoms with Gasteiger partial charge in [-0.3, -0.25) is 0 Å². The summed E-state index contributed by atoms with van der Waals surface area (Å²) in [7, 11) is 1.55. The molecule has 0 spiro atoms. The average Bonchev–Trinajstić information content (AvgIpc) is 3.23. The highest BCUT2D eigenvalue weighted by molar-refractivity contribution is 8.15. The van der Waals surface area contributed by atoms with Gasteiger partial charge < -0.3 is 19.1 Å². The van der Waals surface area contributed by atoms with Gasteiger partial charge in [-0.1, -0.05) is 5.16 Å². The van der Waals surface area contributed by atoms with Crippen molar-refractivity contribution in [2.75, 3.05) is 20.0 Å². The number of benzene rings is 2. The van der Waals surface area contributed by atoms with E-state index in [1.54, 1.807) is 50.6 Å². The minimum Gasteiger partial charge on any atom is -0.493 e. The van der Waals surface area contributed by atoms with Crippen molar-refractivity contribution in [1.82, 2.24) is 10.1 Å². The number of carbonyl (C=O) groups is 1. The number of aromatic nitrogens is 2. The first-order valence-corrected chi connectivity index (χ1v) is 10.8. The number of aliphatic imine (C=N–C) groups is 2. The lowest BCUT2D eigenvalue weighted by Gasteiger charge is -2.13. The molecule has 0 atom stereocenters. The zero-order valence-electron chi connectivity index (χ0n) is 18.0. The monoisotopic (exact) mass is 454 g/mol. The fourth-order valence-corrected chi connectivity index (χ4v) is 3.37. The number of carboxylic acid groups (broad SMARTS) is 1. The van der Waals surface area contributed by atoms with Crippen molar-refractivity contribution in [3.8, 4) is 22.9 Å². The lowest BCUT2D eigenvalue weighted by Crippen LogP contribution is -2.14. The summed E-state index contributed by atoms with van der Waals surface area (Å²) < 4.78 is 16.0. The van der Waals surface area contributed by atoms with Crippen LogP contribution < -0.4 is 9.47 Å². The Labute approximate surface area is 189 Å². The molecule has 1 aromatic heterocycles. The van der Waals surface area contributed by atoms with Crippen LogP contribution >= 0.6 is 11.8 Å². The molecule has 0 bridgehead atoms. The van der Waals surface area contributed by atoms with Gasteiger partial charge in [0.05, 0.1) is 19.4 Å². The van der Waals surface area contributed by atoms with Gasteiger partial charge in [-0.25, -0.2) is 9.79 Å². The van der Waals surface area contributed by atoms with Crippen LogP contribution in [0.4, 0.5) is 10.5 Å². The maximum Gasteiger partial charge on any atom is 0.432 e. The molecule has 2 aromatic carbocycles. The third kappa shape index (κ3) is 5.52. The number of ether oxygens (including phenoxy) is 2. The number of thioether (sulfide) groups is 1. The van der Waals surface area contributed by atoms with E-state index in [0.29, 0.717) is 46.8 Å². The largest absolute Gasteiger partial charge is 0.493 e. The molecule has 1 heterocycles. The molecule has 10 heteroatoms. The Balaban J connectivity index is 2.08. The Hall–Kier alpha value is -3.66. The number of rotatable bonds is 7. The standard InChI is InChI=1S/C22H22N4O5S/c1-5-30-18-12-15(8-11-17(18)29-3)19(21(32-4)25-22(27)28)24-16-9-6-14(7-10-16)20-23-13(2)31-26-20/h6-12H,5H2,1-4H3,(H,27,28). The van der Waals surface area contributed by atoms with Crippen LogP contribution in [0.2, 0.25) is 0 Å².